The number of hydrogen-bond acceptors (Lipinski definition) is 7. The van der Waals surface area contributed by atoms with Crippen molar-refractivity contribution in [1.29, 1.82) is 0 Å². The Bertz CT molecular complexity index is 850. The van der Waals surface area contributed by atoms with Gasteiger partial charge in [0.25, 0.3) is 0 Å². The lowest BCUT2D eigenvalue weighted by Crippen LogP contribution is -2.49. The van der Waals surface area contributed by atoms with Crippen molar-refractivity contribution in [3.05, 3.63) is 42.9 Å². The molecule has 1 fully saturated rings. The van der Waals surface area contributed by atoms with Crippen molar-refractivity contribution in [2.75, 3.05) is 38.8 Å². The molecule has 0 bridgehead atoms. The van der Waals surface area contributed by atoms with Crippen LogP contribution in [-0.2, 0) is 14.8 Å². The van der Waals surface area contributed by atoms with Gasteiger partial charge in [-0.2, -0.15) is 0 Å². The number of halogens is 1. The number of ether oxygens (including phenoxy) is 1. The van der Waals surface area contributed by atoms with Crippen molar-refractivity contribution in [2.24, 2.45) is 0 Å². The Hall–Kier alpha value is -1.78. The molecule has 3 rings (SSSR count). The number of sulfonamides is 1. The average Bonchev–Trinajstić information content (AvgIpc) is 2.63. The molecule has 26 heavy (non-hydrogen) atoms. The fourth-order valence-electron chi connectivity index (χ4n) is 2.61. The second-order valence-electron chi connectivity index (χ2n) is 5.86. The second kappa shape index (κ2) is 7.85. The van der Waals surface area contributed by atoms with Crippen molar-refractivity contribution in [3.8, 4) is 0 Å². The molecule has 0 spiro atoms. The van der Waals surface area contributed by atoms with Gasteiger partial charge in [0.2, 0.25) is 10.0 Å². The van der Waals surface area contributed by atoms with E-state index < -0.39 is 15.6 Å². The Morgan fingerprint density at radius 1 is 1.31 bits per heavy atom. The van der Waals surface area contributed by atoms with Crippen LogP contribution in [0.3, 0.4) is 0 Å². The molecule has 0 N–H and O–H groups in total. The molecular formula is C16H20ClN5O3S. The van der Waals surface area contributed by atoms with Gasteiger partial charge < -0.3 is 4.74 Å². The number of hydrazine groups is 1. The molecule has 1 aliphatic heterocycles. The Balaban J connectivity index is 2.05. The molecule has 1 saturated heterocycles. The molecule has 1 atom stereocenters. The van der Waals surface area contributed by atoms with Crippen molar-refractivity contribution < 1.29 is 13.2 Å². The van der Waals surface area contributed by atoms with Gasteiger partial charge in [0.15, 0.2) is 5.82 Å². The lowest BCUT2D eigenvalue weighted by atomic mass is 10.3. The summed E-state index contributed by atoms with van der Waals surface area (Å²) in [5.74, 6) is 0.616. The summed E-state index contributed by atoms with van der Waals surface area (Å²) in [5, 5.41) is 3.82. The molecule has 1 aliphatic rings. The van der Waals surface area contributed by atoms with Crippen LogP contribution in [0.5, 0.6) is 0 Å². The van der Waals surface area contributed by atoms with Gasteiger partial charge in [-0.3, -0.25) is 5.01 Å². The topological polar surface area (TPSA) is 78.9 Å². The van der Waals surface area contributed by atoms with Crippen molar-refractivity contribution >= 4 is 33.1 Å². The Morgan fingerprint density at radius 2 is 2.12 bits per heavy atom. The van der Waals surface area contributed by atoms with Gasteiger partial charge in [-0.15, -0.1) is 0 Å². The van der Waals surface area contributed by atoms with Crippen LogP contribution in [0.25, 0.3) is 0 Å². The van der Waals surface area contributed by atoms with Crippen molar-refractivity contribution in [2.45, 2.75) is 10.5 Å². The number of benzene rings is 1. The zero-order valence-electron chi connectivity index (χ0n) is 14.5. The van der Waals surface area contributed by atoms with E-state index in [1.54, 1.807) is 30.5 Å². The highest BCUT2D eigenvalue weighted by Gasteiger charge is 2.27. The number of anilines is 2. The second-order valence-corrected chi connectivity index (χ2v) is 8.50. The van der Waals surface area contributed by atoms with E-state index in [1.807, 2.05) is 16.1 Å². The summed E-state index contributed by atoms with van der Waals surface area (Å²) in [7, 11) is -0.543. The van der Waals surface area contributed by atoms with E-state index in [1.165, 1.54) is 24.7 Å². The molecular weight excluding hydrogens is 378 g/mol. The van der Waals surface area contributed by atoms with Gasteiger partial charge in [0.05, 0.1) is 23.7 Å². The predicted octanol–water partition coefficient (Wildman–Crippen LogP) is 1.68. The number of alkyl halides is 1. The predicted molar refractivity (Wildman–Crippen MR) is 98.7 cm³/mol. The first-order chi connectivity index (χ1) is 12.4. The van der Waals surface area contributed by atoms with E-state index in [9.17, 15) is 8.42 Å². The first-order valence-corrected chi connectivity index (χ1v) is 9.86. The smallest absolute Gasteiger partial charge is 0.242 e. The van der Waals surface area contributed by atoms with Crippen LogP contribution < -0.4 is 5.01 Å². The Kier molecular flexibility index (Phi) is 5.73. The number of aromatic nitrogens is 2. The van der Waals surface area contributed by atoms with E-state index >= 15 is 0 Å². The van der Waals surface area contributed by atoms with Crippen LogP contribution in [0.2, 0.25) is 0 Å². The molecule has 0 aliphatic carbocycles. The highest BCUT2D eigenvalue weighted by atomic mass is 35.5. The molecule has 140 valence electrons. The van der Waals surface area contributed by atoms with Gasteiger partial charge in [0.1, 0.15) is 11.9 Å². The fraction of sp³-hybridized carbons (Fsp3) is 0.375. The third-order valence-corrected chi connectivity index (χ3v) is 5.98. The van der Waals surface area contributed by atoms with E-state index in [2.05, 4.69) is 9.97 Å². The highest BCUT2D eigenvalue weighted by molar-refractivity contribution is 7.89. The van der Waals surface area contributed by atoms with Crippen LogP contribution in [0.4, 0.5) is 11.5 Å². The van der Waals surface area contributed by atoms with Crippen LogP contribution >= 0.6 is 11.6 Å². The van der Waals surface area contributed by atoms with Crippen LogP contribution in [0.1, 0.15) is 0 Å². The molecule has 8 nitrogen and oxygen atoms in total. The maximum atomic E-state index is 12.5. The minimum absolute atomic E-state index is 0.203. The maximum absolute atomic E-state index is 12.5. The molecule has 1 aromatic heterocycles. The average molecular weight is 398 g/mol. The summed E-state index contributed by atoms with van der Waals surface area (Å²) >= 11 is 6.15. The molecule has 2 heterocycles. The number of morpholine rings is 1. The first-order valence-electron chi connectivity index (χ1n) is 7.99. The summed E-state index contributed by atoms with van der Waals surface area (Å²) in [5.41, 5.74) is 0.208. The van der Waals surface area contributed by atoms with Gasteiger partial charge >= 0.3 is 0 Å². The summed E-state index contributed by atoms with van der Waals surface area (Å²) < 4.78 is 31.6. The minimum Gasteiger partial charge on any atom is -0.360 e. The molecule has 0 radical (unpaired) electrons. The van der Waals surface area contributed by atoms with Crippen LogP contribution in [0, 0.1) is 0 Å². The monoisotopic (exact) mass is 397 g/mol. The Morgan fingerprint density at radius 3 is 2.77 bits per heavy atom. The van der Waals surface area contributed by atoms with E-state index in [-0.39, 0.29) is 4.90 Å². The number of rotatable bonds is 5. The van der Waals surface area contributed by atoms with Crippen molar-refractivity contribution in [1.82, 2.24) is 19.3 Å². The van der Waals surface area contributed by atoms with E-state index in [0.717, 1.165) is 0 Å². The normalized spacial score (nSPS) is 18.8. The quantitative estimate of drug-likeness (QED) is 0.710. The molecule has 1 unspecified atom stereocenters. The third kappa shape index (κ3) is 3.97. The lowest BCUT2D eigenvalue weighted by Gasteiger charge is -2.39. The summed E-state index contributed by atoms with van der Waals surface area (Å²) in [6.07, 6.45) is 3.08. The highest BCUT2D eigenvalue weighted by Crippen LogP contribution is 2.29. The van der Waals surface area contributed by atoms with Crippen LogP contribution in [-0.4, -0.2) is 67.1 Å². The summed E-state index contributed by atoms with van der Waals surface area (Å²) in [4.78, 5) is 8.47. The first kappa shape index (κ1) is 19.0. The maximum Gasteiger partial charge on any atom is 0.242 e. The van der Waals surface area contributed by atoms with Gasteiger partial charge in [-0.05, 0) is 18.2 Å². The Labute approximate surface area is 158 Å². The lowest BCUT2D eigenvalue weighted by molar-refractivity contribution is 0.0138. The third-order valence-electron chi connectivity index (χ3n) is 3.91. The summed E-state index contributed by atoms with van der Waals surface area (Å²) in [6, 6.07) is 8.48. The standard InChI is InChI=1S/C16H20ClN5O3S/c1-20(2)26(23,24)14-5-3-4-13(10-14)22(16-6-7-18-12-19-16)21-8-9-25-15(17)11-21/h3-7,10,12,15H,8-9,11H2,1-2H3. The van der Waals surface area contributed by atoms with Crippen LogP contribution in [0.15, 0.2) is 47.8 Å². The molecule has 2 aromatic rings. The molecule has 0 saturated carbocycles. The zero-order chi connectivity index (χ0) is 18.7. The molecule has 0 amide bonds. The van der Waals surface area contributed by atoms with Gasteiger partial charge in [-0.1, -0.05) is 17.7 Å². The number of nitrogens with zero attached hydrogens (tertiary/aromatic N) is 5. The SMILES string of the molecule is CN(C)S(=O)(=O)c1cccc(N(c2ccncn2)N2CCOC(Cl)C2)c1. The zero-order valence-corrected chi connectivity index (χ0v) is 16.1. The largest absolute Gasteiger partial charge is 0.360 e. The summed E-state index contributed by atoms with van der Waals surface area (Å²) in [6.45, 7) is 1.50. The van der Waals surface area contributed by atoms with Gasteiger partial charge in [0, 0.05) is 32.9 Å². The van der Waals surface area contributed by atoms with Crippen molar-refractivity contribution in [3.63, 3.8) is 0 Å². The van der Waals surface area contributed by atoms with E-state index in [4.69, 9.17) is 16.3 Å². The minimum atomic E-state index is -3.55. The van der Waals surface area contributed by atoms with E-state index in [0.29, 0.717) is 31.2 Å². The van der Waals surface area contributed by atoms with Gasteiger partial charge in [-0.25, -0.2) is 27.7 Å². The molecule has 1 aromatic carbocycles. The molecule has 10 heteroatoms. The number of hydrogen-bond donors (Lipinski definition) is 0. The fourth-order valence-corrected chi connectivity index (χ4v) is 3.80.